The van der Waals surface area contributed by atoms with E-state index in [1.807, 2.05) is 36.4 Å². The number of hydrogen-bond acceptors (Lipinski definition) is 3. The predicted molar refractivity (Wildman–Crippen MR) is 120 cm³/mol. The maximum absolute atomic E-state index is 12.8. The molecule has 1 amide bonds. The van der Waals surface area contributed by atoms with Gasteiger partial charge in [-0.25, -0.2) is 9.97 Å². The van der Waals surface area contributed by atoms with Gasteiger partial charge in [-0.3, -0.25) is 4.79 Å². The van der Waals surface area contributed by atoms with Crippen LogP contribution >= 0.6 is 0 Å². The molecule has 152 valence electrons. The second-order valence-corrected chi connectivity index (χ2v) is 7.37. The van der Waals surface area contributed by atoms with E-state index in [9.17, 15) is 4.79 Å². The van der Waals surface area contributed by atoms with Crippen molar-refractivity contribution in [3.8, 4) is 11.4 Å². The summed E-state index contributed by atoms with van der Waals surface area (Å²) in [4.78, 5) is 22.0. The molecule has 0 saturated heterocycles. The second-order valence-electron chi connectivity index (χ2n) is 7.37. The topological polar surface area (TPSA) is 59.8 Å². The quantitative estimate of drug-likeness (QED) is 0.476. The number of fused-ring (bicyclic) bond motifs is 1. The number of nitrogens with one attached hydrogen (secondary N) is 1. The molecule has 0 radical (unpaired) electrons. The van der Waals surface area contributed by atoms with Crippen molar-refractivity contribution in [2.75, 3.05) is 0 Å². The standard InChI is InChI=1S/C25H26N4O/c1-3-15-29-23(28-22-9-6-14-26-24(22)29)20-7-5-8-21(16-20)25(30)27-17-19-12-10-18(4-2)11-13-19/h5-14,16H,3-4,15,17H2,1-2H3,(H,27,30). The lowest BCUT2D eigenvalue weighted by atomic mass is 10.1. The van der Waals surface area contributed by atoms with Crippen molar-refractivity contribution in [1.82, 2.24) is 19.9 Å². The van der Waals surface area contributed by atoms with Crippen molar-refractivity contribution in [1.29, 1.82) is 0 Å². The number of aryl methyl sites for hydroxylation is 2. The Morgan fingerprint density at radius 1 is 1.00 bits per heavy atom. The summed E-state index contributed by atoms with van der Waals surface area (Å²) in [5.41, 5.74) is 5.67. The zero-order chi connectivity index (χ0) is 20.9. The van der Waals surface area contributed by atoms with Crippen molar-refractivity contribution >= 4 is 17.1 Å². The predicted octanol–water partition coefficient (Wildman–Crippen LogP) is 5.00. The van der Waals surface area contributed by atoms with Crippen LogP contribution in [0.2, 0.25) is 0 Å². The molecule has 0 unspecified atom stereocenters. The van der Waals surface area contributed by atoms with Crippen LogP contribution in [0.5, 0.6) is 0 Å². The van der Waals surface area contributed by atoms with Gasteiger partial charge in [0.1, 0.15) is 11.3 Å². The summed E-state index contributed by atoms with van der Waals surface area (Å²) in [6, 6.07) is 19.8. The van der Waals surface area contributed by atoms with Crippen molar-refractivity contribution < 1.29 is 4.79 Å². The summed E-state index contributed by atoms with van der Waals surface area (Å²) in [7, 11) is 0. The van der Waals surface area contributed by atoms with Crippen LogP contribution in [0, 0.1) is 0 Å². The van der Waals surface area contributed by atoms with Gasteiger partial charge in [-0.2, -0.15) is 0 Å². The number of rotatable bonds is 7. The first-order valence-electron chi connectivity index (χ1n) is 10.5. The largest absolute Gasteiger partial charge is 0.348 e. The first-order chi connectivity index (χ1) is 14.7. The monoisotopic (exact) mass is 398 g/mol. The SMILES string of the molecule is CCCn1c(-c2cccc(C(=O)NCc3ccc(CC)cc3)c2)nc2cccnc21. The van der Waals surface area contributed by atoms with Gasteiger partial charge in [0, 0.05) is 30.4 Å². The minimum atomic E-state index is -0.0901. The minimum absolute atomic E-state index is 0.0901. The van der Waals surface area contributed by atoms with Crippen LogP contribution in [0.1, 0.15) is 41.8 Å². The number of carbonyl (C=O) groups is 1. The smallest absolute Gasteiger partial charge is 0.251 e. The average molecular weight is 399 g/mol. The zero-order valence-electron chi connectivity index (χ0n) is 17.4. The molecule has 1 N–H and O–H groups in total. The highest BCUT2D eigenvalue weighted by Crippen LogP contribution is 2.25. The molecule has 2 heterocycles. The summed E-state index contributed by atoms with van der Waals surface area (Å²) in [5.74, 6) is 0.753. The van der Waals surface area contributed by atoms with Gasteiger partial charge in [0.25, 0.3) is 5.91 Å². The molecule has 0 aliphatic rings. The first kappa shape index (κ1) is 19.8. The van der Waals surface area contributed by atoms with Gasteiger partial charge in [-0.05, 0) is 48.2 Å². The third-order valence-electron chi connectivity index (χ3n) is 5.22. The Morgan fingerprint density at radius 2 is 1.80 bits per heavy atom. The Hall–Kier alpha value is -3.47. The van der Waals surface area contributed by atoms with Crippen LogP contribution in [0.4, 0.5) is 0 Å². The van der Waals surface area contributed by atoms with Crippen LogP contribution in [0.3, 0.4) is 0 Å². The summed E-state index contributed by atoms with van der Waals surface area (Å²) in [6.45, 7) is 5.60. The van der Waals surface area contributed by atoms with Crippen LogP contribution in [-0.2, 0) is 19.5 Å². The van der Waals surface area contributed by atoms with Crippen molar-refractivity contribution in [3.05, 3.63) is 83.6 Å². The molecule has 0 spiro atoms. The van der Waals surface area contributed by atoms with Crippen LogP contribution in [0.25, 0.3) is 22.6 Å². The molecule has 4 rings (SSSR count). The molecule has 0 aliphatic heterocycles. The molecule has 0 bridgehead atoms. The van der Waals surface area contributed by atoms with E-state index < -0.39 is 0 Å². The molecule has 5 nitrogen and oxygen atoms in total. The third kappa shape index (κ3) is 4.10. The number of imidazole rings is 1. The summed E-state index contributed by atoms with van der Waals surface area (Å²) in [5, 5.41) is 3.02. The van der Waals surface area contributed by atoms with Gasteiger partial charge in [0.15, 0.2) is 5.65 Å². The van der Waals surface area contributed by atoms with Gasteiger partial charge in [-0.15, -0.1) is 0 Å². The Bertz CT molecular complexity index is 1160. The van der Waals surface area contributed by atoms with Crippen molar-refractivity contribution in [2.45, 2.75) is 39.8 Å². The van der Waals surface area contributed by atoms with Crippen molar-refractivity contribution in [2.24, 2.45) is 0 Å². The molecule has 5 heteroatoms. The number of carbonyl (C=O) groups excluding carboxylic acids is 1. The molecule has 4 aromatic rings. The lowest BCUT2D eigenvalue weighted by Crippen LogP contribution is -2.22. The lowest BCUT2D eigenvalue weighted by Gasteiger charge is -2.10. The summed E-state index contributed by atoms with van der Waals surface area (Å²) < 4.78 is 2.13. The van der Waals surface area contributed by atoms with E-state index in [4.69, 9.17) is 4.98 Å². The van der Waals surface area contributed by atoms with Crippen LogP contribution in [-0.4, -0.2) is 20.4 Å². The Balaban J connectivity index is 1.57. The maximum Gasteiger partial charge on any atom is 0.251 e. The number of amides is 1. The summed E-state index contributed by atoms with van der Waals surface area (Å²) >= 11 is 0. The zero-order valence-corrected chi connectivity index (χ0v) is 17.4. The lowest BCUT2D eigenvalue weighted by molar-refractivity contribution is 0.0951. The second kappa shape index (κ2) is 8.91. The van der Waals surface area contributed by atoms with Crippen LogP contribution in [0.15, 0.2) is 66.9 Å². The highest BCUT2D eigenvalue weighted by molar-refractivity contribution is 5.95. The van der Waals surface area contributed by atoms with Gasteiger partial charge in [0.05, 0.1) is 0 Å². The highest BCUT2D eigenvalue weighted by Gasteiger charge is 2.14. The van der Waals surface area contributed by atoms with E-state index >= 15 is 0 Å². The Morgan fingerprint density at radius 3 is 2.57 bits per heavy atom. The van der Waals surface area contributed by atoms with E-state index in [0.717, 1.165) is 47.5 Å². The van der Waals surface area contributed by atoms with E-state index in [2.05, 4.69) is 53.0 Å². The van der Waals surface area contributed by atoms with E-state index in [1.54, 1.807) is 6.20 Å². The number of benzene rings is 2. The van der Waals surface area contributed by atoms with Crippen LogP contribution < -0.4 is 5.32 Å². The molecule has 0 saturated carbocycles. The normalized spacial score (nSPS) is 11.0. The Kier molecular flexibility index (Phi) is 5.89. The number of pyridine rings is 1. The highest BCUT2D eigenvalue weighted by atomic mass is 16.1. The van der Waals surface area contributed by atoms with Gasteiger partial charge < -0.3 is 9.88 Å². The fourth-order valence-electron chi connectivity index (χ4n) is 3.59. The first-order valence-corrected chi connectivity index (χ1v) is 10.5. The number of aromatic nitrogens is 3. The number of nitrogens with zero attached hydrogens (tertiary/aromatic N) is 3. The average Bonchev–Trinajstić information content (AvgIpc) is 3.17. The fraction of sp³-hybridized carbons (Fsp3) is 0.240. The van der Waals surface area contributed by atoms with E-state index in [1.165, 1.54) is 5.56 Å². The minimum Gasteiger partial charge on any atom is -0.348 e. The molecular weight excluding hydrogens is 372 g/mol. The van der Waals surface area contributed by atoms with Gasteiger partial charge >= 0.3 is 0 Å². The molecule has 0 fully saturated rings. The molecule has 0 atom stereocenters. The number of hydrogen-bond donors (Lipinski definition) is 1. The fourth-order valence-corrected chi connectivity index (χ4v) is 3.59. The molecular formula is C25H26N4O. The van der Waals surface area contributed by atoms with Crippen molar-refractivity contribution in [3.63, 3.8) is 0 Å². The molecule has 2 aromatic heterocycles. The summed E-state index contributed by atoms with van der Waals surface area (Å²) in [6.07, 6.45) is 3.78. The molecule has 2 aromatic carbocycles. The molecule has 30 heavy (non-hydrogen) atoms. The Labute approximate surface area is 176 Å². The van der Waals surface area contributed by atoms with Gasteiger partial charge in [0.2, 0.25) is 0 Å². The maximum atomic E-state index is 12.8. The van der Waals surface area contributed by atoms with Gasteiger partial charge in [-0.1, -0.05) is 50.2 Å². The van der Waals surface area contributed by atoms with E-state index in [0.29, 0.717) is 12.1 Å². The molecule has 0 aliphatic carbocycles. The van der Waals surface area contributed by atoms with E-state index in [-0.39, 0.29) is 5.91 Å². The third-order valence-corrected chi connectivity index (χ3v) is 5.22.